The molecule has 1 heterocycles. The lowest BCUT2D eigenvalue weighted by molar-refractivity contribution is -0.274. The summed E-state index contributed by atoms with van der Waals surface area (Å²) in [5, 5.41) is 0. The van der Waals surface area contributed by atoms with Crippen LogP contribution in [0, 0.1) is 0 Å². The molecule has 1 atom stereocenters. The molecule has 0 aromatic heterocycles. The molecule has 4 rings (SSSR count). The lowest BCUT2D eigenvalue weighted by atomic mass is 9.93. The molecular weight excluding hydrogens is 387 g/mol. The average Bonchev–Trinajstić information content (AvgIpc) is 3.40. The summed E-state index contributed by atoms with van der Waals surface area (Å²) in [6.45, 7) is 0.284. The summed E-state index contributed by atoms with van der Waals surface area (Å²) in [6, 6.07) is 11.8. The molecule has 2 aromatic rings. The minimum absolute atomic E-state index is 0.228. The van der Waals surface area contributed by atoms with Crippen molar-refractivity contribution < 1.29 is 32.2 Å². The molecule has 1 fully saturated rings. The topological polar surface area (TPSA) is 55.8 Å². The molecule has 0 radical (unpaired) electrons. The van der Waals surface area contributed by atoms with E-state index in [0.717, 1.165) is 11.1 Å². The Kier molecular flexibility index (Phi) is 4.52. The number of amides is 1. The number of rotatable bonds is 4. The fourth-order valence-electron chi connectivity index (χ4n) is 3.94. The summed E-state index contributed by atoms with van der Waals surface area (Å²) in [4.78, 5) is 27.4. The van der Waals surface area contributed by atoms with E-state index in [1.165, 1.54) is 36.3 Å². The Morgan fingerprint density at radius 2 is 1.72 bits per heavy atom. The minimum Gasteiger partial charge on any atom is -0.467 e. The first-order chi connectivity index (χ1) is 13.7. The second kappa shape index (κ2) is 6.79. The highest BCUT2D eigenvalue weighted by atomic mass is 19.4. The number of hydrogen-bond donors (Lipinski definition) is 0. The zero-order valence-electron chi connectivity index (χ0n) is 15.5. The van der Waals surface area contributed by atoms with E-state index >= 15 is 0 Å². The van der Waals surface area contributed by atoms with Crippen LogP contribution >= 0.6 is 0 Å². The Morgan fingerprint density at radius 1 is 1.07 bits per heavy atom. The number of hydrogen-bond acceptors (Lipinski definition) is 4. The van der Waals surface area contributed by atoms with Crippen molar-refractivity contribution in [2.24, 2.45) is 0 Å². The number of nitrogens with zero attached hydrogens (tertiary/aromatic N) is 1. The molecule has 1 aliphatic carbocycles. The number of ether oxygens (including phenoxy) is 2. The van der Waals surface area contributed by atoms with Gasteiger partial charge in [0.2, 0.25) is 5.91 Å². The van der Waals surface area contributed by atoms with Crippen molar-refractivity contribution in [3.8, 4) is 5.75 Å². The van der Waals surface area contributed by atoms with Crippen molar-refractivity contribution in [2.75, 3.05) is 7.11 Å². The molecule has 1 aliphatic heterocycles. The van der Waals surface area contributed by atoms with Gasteiger partial charge < -0.3 is 14.4 Å². The zero-order chi connectivity index (χ0) is 20.8. The number of alkyl halides is 3. The molecule has 0 spiro atoms. The first kappa shape index (κ1) is 19.3. The monoisotopic (exact) mass is 405 g/mol. The van der Waals surface area contributed by atoms with Crippen LogP contribution in [-0.4, -0.2) is 30.2 Å². The third-order valence-electron chi connectivity index (χ3n) is 5.49. The third-order valence-corrected chi connectivity index (χ3v) is 5.49. The zero-order valence-corrected chi connectivity index (χ0v) is 15.5. The van der Waals surface area contributed by atoms with Crippen molar-refractivity contribution in [1.29, 1.82) is 0 Å². The Balaban J connectivity index is 1.61. The highest BCUT2D eigenvalue weighted by Gasteiger charge is 2.56. The van der Waals surface area contributed by atoms with Gasteiger partial charge in [-0.2, -0.15) is 0 Å². The second-order valence-corrected chi connectivity index (χ2v) is 7.21. The normalized spacial score (nSPS) is 19.4. The number of carbonyl (C=O) groups is 2. The van der Waals surface area contributed by atoms with Gasteiger partial charge in [0.1, 0.15) is 5.75 Å². The minimum atomic E-state index is -4.77. The number of methoxy groups -OCH3 is 1. The first-order valence-electron chi connectivity index (χ1n) is 9.08. The summed E-state index contributed by atoms with van der Waals surface area (Å²) in [6.07, 6.45) is -3.65. The predicted octanol–water partition coefficient (Wildman–Crippen LogP) is 3.87. The SMILES string of the molecule is COC(=O)[C@@H]1c2ccccc2CN1C(=O)C1(c2ccc(OC(F)(F)F)cc2)CC1. The van der Waals surface area contributed by atoms with Gasteiger partial charge in [-0.1, -0.05) is 36.4 Å². The molecular formula is C21H18F3NO4. The Bertz CT molecular complexity index is 951. The Morgan fingerprint density at radius 3 is 2.31 bits per heavy atom. The fourth-order valence-corrected chi connectivity index (χ4v) is 3.94. The largest absolute Gasteiger partial charge is 0.573 e. The smallest absolute Gasteiger partial charge is 0.467 e. The maximum Gasteiger partial charge on any atom is 0.573 e. The van der Waals surface area contributed by atoms with E-state index in [4.69, 9.17) is 4.74 Å². The van der Waals surface area contributed by atoms with Gasteiger partial charge in [0, 0.05) is 6.54 Å². The van der Waals surface area contributed by atoms with Gasteiger partial charge in [-0.05, 0) is 41.7 Å². The lowest BCUT2D eigenvalue weighted by Gasteiger charge is -2.28. The van der Waals surface area contributed by atoms with Crippen LogP contribution < -0.4 is 4.74 Å². The highest BCUT2D eigenvalue weighted by Crippen LogP contribution is 2.52. The van der Waals surface area contributed by atoms with Gasteiger partial charge in [0.05, 0.1) is 12.5 Å². The van der Waals surface area contributed by atoms with E-state index in [9.17, 15) is 22.8 Å². The molecule has 2 aromatic carbocycles. The van der Waals surface area contributed by atoms with Gasteiger partial charge in [-0.25, -0.2) is 4.79 Å². The van der Waals surface area contributed by atoms with Crippen LogP contribution in [0.2, 0.25) is 0 Å². The van der Waals surface area contributed by atoms with Crippen LogP contribution in [0.15, 0.2) is 48.5 Å². The lowest BCUT2D eigenvalue weighted by Crippen LogP contribution is -2.41. The Hall–Kier alpha value is -3.03. The average molecular weight is 405 g/mol. The van der Waals surface area contributed by atoms with E-state index in [2.05, 4.69) is 4.74 Å². The predicted molar refractivity (Wildman–Crippen MR) is 95.8 cm³/mol. The van der Waals surface area contributed by atoms with Crippen LogP contribution in [0.25, 0.3) is 0 Å². The maximum absolute atomic E-state index is 13.4. The van der Waals surface area contributed by atoms with Crippen molar-refractivity contribution in [3.05, 3.63) is 65.2 Å². The second-order valence-electron chi connectivity index (χ2n) is 7.21. The molecule has 0 N–H and O–H groups in total. The fraction of sp³-hybridized carbons (Fsp3) is 0.333. The van der Waals surface area contributed by atoms with Gasteiger partial charge in [0.15, 0.2) is 6.04 Å². The molecule has 8 heteroatoms. The van der Waals surface area contributed by atoms with E-state index in [-0.39, 0.29) is 18.2 Å². The van der Waals surface area contributed by atoms with Gasteiger partial charge in [-0.15, -0.1) is 13.2 Å². The molecule has 0 unspecified atom stereocenters. The number of esters is 1. The number of halogens is 3. The van der Waals surface area contributed by atoms with Crippen LogP contribution in [0.5, 0.6) is 5.75 Å². The Labute approximate surface area is 165 Å². The number of fused-ring (bicyclic) bond motifs is 1. The molecule has 1 amide bonds. The van der Waals surface area contributed by atoms with E-state index in [1.807, 2.05) is 12.1 Å². The highest BCUT2D eigenvalue weighted by molar-refractivity contribution is 5.95. The van der Waals surface area contributed by atoms with Crippen LogP contribution in [-0.2, 0) is 26.3 Å². The van der Waals surface area contributed by atoms with Crippen molar-refractivity contribution >= 4 is 11.9 Å². The van der Waals surface area contributed by atoms with Gasteiger partial charge in [0.25, 0.3) is 0 Å². The summed E-state index contributed by atoms with van der Waals surface area (Å²) in [7, 11) is 1.28. The van der Waals surface area contributed by atoms with Crippen LogP contribution in [0.3, 0.4) is 0 Å². The van der Waals surface area contributed by atoms with Crippen molar-refractivity contribution in [3.63, 3.8) is 0 Å². The number of benzene rings is 2. The van der Waals surface area contributed by atoms with Crippen LogP contribution in [0.4, 0.5) is 13.2 Å². The van der Waals surface area contributed by atoms with E-state index in [0.29, 0.717) is 18.4 Å². The maximum atomic E-state index is 13.4. The summed E-state index contributed by atoms with van der Waals surface area (Å²) in [5.41, 5.74) is 1.38. The first-order valence-corrected chi connectivity index (χ1v) is 9.08. The van der Waals surface area contributed by atoms with Gasteiger partial charge in [-0.3, -0.25) is 4.79 Å². The molecule has 0 saturated heterocycles. The molecule has 29 heavy (non-hydrogen) atoms. The quantitative estimate of drug-likeness (QED) is 0.725. The van der Waals surface area contributed by atoms with Crippen molar-refractivity contribution in [2.45, 2.75) is 37.2 Å². The molecule has 152 valence electrons. The molecule has 5 nitrogen and oxygen atoms in total. The van der Waals surface area contributed by atoms with E-state index in [1.54, 1.807) is 12.1 Å². The third kappa shape index (κ3) is 3.43. The molecule has 1 saturated carbocycles. The molecule has 0 bridgehead atoms. The summed E-state index contributed by atoms with van der Waals surface area (Å²) < 4.78 is 45.9. The standard InChI is InChI=1S/C21H18F3NO4/c1-28-18(26)17-16-5-3-2-4-13(16)12-25(17)19(27)20(10-11-20)14-6-8-15(9-7-14)29-21(22,23)24/h2-9,17H,10-12H2,1H3/t17-/m0/s1. The van der Waals surface area contributed by atoms with Crippen LogP contribution in [0.1, 0.15) is 35.6 Å². The van der Waals surface area contributed by atoms with Gasteiger partial charge >= 0.3 is 12.3 Å². The summed E-state index contributed by atoms with van der Waals surface area (Å²) >= 11 is 0. The summed E-state index contributed by atoms with van der Waals surface area (Å²) in [5.74, 6) is -1.09. The van der Waals surface area contributed by atoms with E-state index < -0.39 is 23.8 Å². The number of carbonyl (C=O) groups excluding carboxylic acids is 2. The van der Waals surface area contributed by atoms with Crippen molar-refractivity contribution in [1.82, 2.24) is 4.90 Å². The molecule has 2 aliphatic rings.